The van der Waals surface area contributed by atoms with Crippen molar-refractivity contribution in [1.29, 1.82) is 0 Å². The van der Waals surface area contributed by atoms with Crippen molar-refractivity contribution in [3.05, 3.63) is 35.1 Å². The van der Waals surface area contributed by atoms with E-state index in [0.29, 0.717) is 0 Å². The number of halogens is 1. The first-order valence-electron chi connectivity index (χ1n) is 7.16. The first-order valence-corrected chi connectivity index (χ1v) is 7.16. The summed E-state index contributed by atoms with van der Waals surface area (Å²) in [5.74, 6) is -0.185. The summed E-state index contributed by atoms with van der Waals surface area (Å²) in [5.41, 5.74) is 8.37. The molecular formula is C16H25FN2. The number of likely N-dealkylation sites (N-methyl/N-ethyl adjacent to an activating group) is 1. The van der Waals surface area contributed by atoms with Crippen LogP contribution in [-0.4, -0.2) is 24.5 Å². The van der Waals surface area contributed by atoms with E-state index in [2.05, 4.69) is 19.0 Å². The molecule has 1 aliphatic rings. The molecule has 2 nitrogen and oxygen atoms in total. The largest absolute Gasteiger partial charge is 0.322 e. The number of aryl methyl sites for hydroxylation is 1. The predicted molar refractivity (Wildman–Crippen MR) is 77.6 cm³/mol. The van der Waals surface area contributed by atoms with Crippen molar-refractivity contribution < 1.29 is 4.39 Å². The molecule has 2 rings (SSSR count). The number of benzene rings is 1. The third-order valence-corrected chi connectivity index (χ3v) is 4.61. The van der Waals surface area contributed by atoms with Crippen molar-refractivity contribution in [3.63, 3.8) is 0 Å². The average molecular weight is 264 g/mol. The maximum absolute atomic E-state index is 13.6. The lowest BCUT2D eigenvalue weighted by atomic mass is 9.73. The minimum Gasteiger partial charge on any atom is -0.322 e. The molecule has 0 spiro atoms. The Balaban J connectivity index is 2.36. The molecule has 1 unspecified atom stereocenters. The molecule has 3 heteroatoms. The number of rotatable bonds is 3. The van der Waals surface area contributed by atoms with Gasteiger partial charge < -0.3 is 10.6 Å². The lowest BCUT2D eigenvalue weighted by Gasteiger charge is -2.47. The lowest BCUT2D eigenvalue weighted by Crippen LogP contribution is -2.53. The fraction of sp³-hybridized carbons (Fsp3) is 0.625. The van der Waals surface area contributed by atoms with Gasteiger partial charge in [-0.15, -0.1) is 0 Å². The Bertz CT molecular complexity index is 416. The maximum atomic E-state index is 13.6. The summed E-state index contributed by atoms with van der Waals surface area (Å²) in [4.78, 5) is 2.25. The Hall–Kier alpha value is -0.930. The normalized spacial score (nSPS) is 20.5. The Morgan fingerprint density at radius 3 is 2.32 bits per heavy atom. The Morgan fingerprint density at radius 1 is 1.16 bits per heavy atom. The molecule has 0 heterocycles. The molecule has 0 aliphatic heterocycles. The zero-order valence-electron chi connectivity index (χ0n) is 12.2. The van der Waals surface area contributed by atoms with E-state index in [1.54, 1.807) is 12.1 Å². The summed E-state index contributed by atoms with van der Waals surface area (Å²) in [6.45, 7) is 1.92. The lowest BCUT2D eigenvalue weighted by molar-refractivity contribution is 0.0712. The molecule has 2 N–H and O–H groups in total. The van der Waals surface area contributed by atoms with Crippen LogP contribution >= 0.6 is 0 Å². The summed E-state index contributed by atoms with van der Waals surface area (Å²) in [5, 5.41) is 0. The minimum atomic E-state index is -0.185. The quantitative estimate of drug-likeness (QED) is 0.906. The summed E-state index contributed by atoms with van der Waals surface area (Å²) in [6.07, 6.45) is 5.89. The highest BCUT2D eigenvalue weighted by Gasteiger charge is 2.40. The molecule has 19 heavy (non-hydrogen) atoms. The van der Waals surface area contributed by atoms with Crippen molar-refractivity contribution in [2.45, 2.75) is 50.6 Å². The van der Waals surface area contributed by atoms with Gasteiger partial charge in [0.05, 0.1) is 0 Å². The van der Waals surface area contributed by atoms with Crippen molar-refractivity contribution >= 4 is 0 Å². The molecular weight excluding hydrogens is 239 g/mol. The van der Waals surface area contributed by atoms with Gasteiger partial charge in [-0.3, -0.25) is 0 Å². The van der Waals surface area contributed by atoms with E-state index >= 15 is 0 Å². The van der Waals surface area contributed by atoms with Gasteiger partial charge in [-0.2, -0.15) is 0 Å². The Morgan fingerprint density at radius 2 is 1.79 bits per heavy atom. The van der Waals surface area contributed by atoms with Gasteiger partial charge in [0.25, 0.3) is 0 Å². The number of nitrogens with two attached hydrogens (primary N) is 1. The summed E-state index contributed by atoms with van der Waals surface area (Å²) in [6, 6.07) is 5.04. The van der Waals surface area contributed by atoms with Gasteiger partial charge in [0.1, 0.15) is 5.82 Å². The van der Waals surface area contributed by atoms with Crippen molar-refractivity contribution in [2.24, 2.45) is 5.73 Å². The minimum absolute atomic E-state index is 0.0293. The van der Waals surface area contributed by atoms with Gasteiger partial charge in [0, 0.05) is 11.6 Å². The van der Waals surface area contributed by atoms with Crippen LogP contribution in [0.3, 0.4) is 0 Å². The molecule has 1 atom stereocenters. The fourth-order valence-corrected chi connectivity index (χ4v) is 3.45. The molecule has 0 amide bonds. The monoisotopic (exact) mass is 264 g/mol. The van der Waals surface area contributed by atoms with Crippen molar-refractivity contribution in [3.8, 4) is 0 Å². The second-order valence-electron chi connectivity index (χ2n) is 6.10. The van der Waals surface area contributed by atoms with E-state index in [4.69, 9.17) is 5.73 Å². The molecule has 0 aromatic heterocycles. The van der Waals surface area contributed by atoms with Gasteiger partial charge in [0.15, 0.2) is 0 Å². The van der Waals surface area contributed by atoms with E-state index in [9.17, 15) is 4.39 Å². The van der Waals surface area contributed by atoms with Crippen LogP contribution in [0.2, 0.25) is 0 Å². The van der Waals surface area contributed by atoms with Crippen LogP contribution in [0.15, 0.2) is 18.2 Å². The molecule has 1 aromatic carbocycles. The van der Waals surface area contributed by atoms with Crippen LogP contribution in [0.5, 0.6) is 0 Å². The number of hydrogen-bond acceptors (Lipinski definition) is 2. The van der Waals surface area contributed by atoms with Crippen LogP contribution < -0.4 is 5.73 Å². The van der Waals surface area contributed by atoms with E-state index in [1.807, 2.05) is 13.0 Å². The van der Waals surface area contributed by atoms with Gasteiger partial charge >= 0.3 is 0 Å². The fourth-order valence-electron chi connectivity index (χ4n) is 3.45. The third kappa shape index (κ3) is 2.82. The zero-order valence-corrected chi connectivity index (χ0v) is 12.2. The molecule has 1 aromatic rings. The van der Waals surface area contributed by atoms with Crippen molar-refractivity contribution in [1.82, 2.24) is 4.90 Å². The number of nitrogens with zero attached hydrogens (tertiary/aromatic N) is 1. The molecule has 0 bridgehead atoms. The first-order chi connectivity index (χ1) is 8.95. The highest BCUT2D eigenvalue weighted by molar-refractivity contribution is 5.29. The van der Waals surface area contributed by atoms with Crippen LogP contribution in [0.1, 0.15) is 49.3 Å². The second-order valence-corrected chi connectivity index (χ2v) is 6.10. The van der Waals surface area contributed by atoms with Crippen LogP contribution in [-0.2, 0) is 0 Å². The highest BCUT2D eigenvalue weighted by Crippen LogP contribution is 2.40. The predicted octanol–water partition coefficient (Wildman–Crippen LogP) is 3.40. The van der Waals surface area contributed by atoms with Gasteiger partial charge in [-0.25, -0.2) is 4.39 Å². The summed E-state index contributed by atoms with van der Waals surface area (Å²) < 4.78 is 13.6. The van der Waals surface area contributed by atoms with E-state index in [1.165, 1.54) is 19.3 Å². The van der Waals surface area contributed by atoms with Gasteiger partial charge in [0.2, 0.25) is 0 Å². The zero-order chi connectivity index (χ0) is 14.0. The molecule has 1 fully saturated rings. The molecule has 0 radical (unpaired) electrons. The highest BCUT2D eigenvalue weighted by atomic mass is 19.1. The standard InChI is InChI=1S/C16H25FN2/c1-12-9-13(11-14(17)10-12)15(18)16(19(2)3)7-5-4-6-8-16/h9-11,15H,4-8,18H2,1-3H3. The van der Waals surface area contributed by atoms with Crippen LogP contribution in [0.4, 0.5) is 4.39 Å². The van der Waals surface area contributed by atoms with Gasteiger partial charge in [-0.05, 0) is 57.1 Å². The number of hydrogen-bond donors (Lipinski definition) is 1. The maximum Gasteiger partial charge on any atom is 0.123 e. The van der Waals surface area contributed by atoms with Crippen LogP contribution in [0.25, 0.3) is 0 Å². The molecule has 1 saturated carbocycles. The Labute approximate surface area is 115 Å². The Kier molecular flexibility index (Phi) is 4.26. The van der Waals surface area contributed by atoms with Gasteiger partial charge in [-0.1, -0.05) is 25.3 Å². The van der Waals surface area contributed by atoms with E-state index in [0.717, 1.165) is 24.0 Å². The molecule has 106 valence electrons. The summed E-state index contributed by atoms with van der Waals surface area (Å²) in [7, 11) is 4.19. The SMILES string of the molecule is Cc1cc(F)cc(C(N)C2(N(C)C)CCCCC2)c1. The first kappa shape index (κ1) is 14.5. The van der Waals surface area contributed by atoms with Crippen LogP contribution in [0, 0.1) is 12.7 Å². The topological polar surface area (TPSA) is 29.3 Å². The van der Waals surface area contributed by atoms with E-state index < -0.39 is 0 Å². The smallest absolute Gasteiger partial charge is 0.123 e. The third-order valence-electron chi connectivity index (χ3n) is 4.61. The molecule has 1 aliphatic carbocycles. The molecule has 0 saturated heterocycles. The van der Waals surface area contributed by atoms with E-state index in [-0.39, 0.29) is 17.4 Å². The van der Waals surface area contributed by atoms with Crippen molar-refractivity contribution in [2.75, 3.05) is 14.1 Å². The second kappa shape index (κ2) is 5.59. The average Bonchev–Trinajstić information content (AvgIpc) is 2.37. The summed E-state index contributed by atoms with van der Waals surface area (Å²) >= 11 is 0.